The molecule has 0 aliphatic carbocycles. The van der Waals surface area contributed by atoms with Gasteiger partial charge in [-0.15, -0.1) is 59.7 Å². The van der Waals surface area contributed by atoms with Gasteiger partial charge in [-0.3, -0.25) is 9.59 Å². The Hall–Kier alpha value is -3.08. The minimum Gasteiger partial charge on any atom is -0.662 e. The first-order chi connectivity index (χ1) is 25.4. The molecule has 0 amide bonds. The Morgan fingerprint density at radius 1 is 0.604 bits per heavy atom. The smallest absolute Gasteiger partial charge is 0.203 e. The van der Waals surface area contributed by atoms with E-state index in [4.69, 9.17) is 21.7 Å². The quantitative estimate of drug-likeness (QED) is 0.221. The fraction of sp³-hybridized carbons (Fsp3) is 0.579. The van der Waals surface area contributed by atoms with E-state index >= 15 is 0 Å². The summed E-state index contributed by atoms with van der Waals surface area (Å²) in [6.07, 6.45) is 5.00. The average molecular weight is 776 g/mol. The number of ketones is 2. The van der Waals surface area contributed by atoms with Gasteiger partial charge in [-0.05, 0) is 47.0 Å². The molecule has 14 nitrogen and oxygen atoms in total. The van der Waals surface area contributed by atoms with E-state index in [1.807, 2.05) is 24.3 Å². The van der Waals surface area contributed by atoms with E-state index in [2.05, 4.69) is 65.9 Å². The maximum absolute atomic E-state index is 12.6. The normalized spacial score (nSPS) is 21.9. The van der Waals surface area contributed by atoms with Gasteiger partial charge < -0.3 is 43.0 Å². The van der Waals surface area contributed by atoms with E-state index in [-0.39, 0.29) is 28.6 Å². The predicted molar refractivity (Wildman–Crippen MR) is 205 cm³/mol. The number of Topliss-reactive ketones (excluding diaryl/α,β-unsaturated/α-hetero) is 2. The van der Waals surface area contributed by atoms with Gasteiger partial charge in [-0.25, -0.2) is 0 Å². The van der Waals surface area contributed by atoms with E-state index < -0.39 is 11.1 Å². The van der Waals surface area contributed by atoms with Crippen LogP contribution in [0.4, 0.5) is 0 Å². The number of carbonyl (C=O) groups is 2. The Balaban J connectivity index is 0.00000627. The molecule has 0 atom stereocenters. The van der Waals surface area contributed by atoms with Crippen LogP contribution in [0, 0.1) is 0 Å². The topological polar surface area (TPSA) is 208 Å². The molecule has 4 heterocycles. The van der Waals surface area contributed by atoms with E-state index in [0.29, 0.717) is 136 Å². The first-order valence-corrected chi connectivity index (χ1v) is 18.4. The number of aromatic nitrogens is 4. The minimum absolute atomic E-state index is 0. The number of rotatable bonds is 14. The van der Waals surface area contributed by atoms with Gasteiger partial charge in [0.25, 0.3) is 0 Å². The van der Waals surface area contributed by atoms with Crippen LogP contribution < -0.4 is 11.1 Å². The van der Waals surface area contributed by atoms with Crippen LogP contribution in [0.15, 0.2) is 54.9 Å². The zero-order valence-corrected chi connectivity index (χ0v) is 31.4. The van der Waals surface area contributed by atoms with Gasteiger partial charge >= 0.3 is 0 Å². The Bertz CT molecular complexity index is 1450. The maximum atomic E-state index is 12.6. The van der Waals surface area contributed by atoms with Gasteiger partial charge in [0.15, 0.2) is 6.33 Å². The molecule has 3 aliphatic heterocycles. The molecule has 2 aromatic carbocycles. The van der Waals surface area contributed by atoms with Crippen LogP contribution in [0.25, 0.3) is 43.3 Å². The molecule has 3 saturated heterocycles. The van der Waals surface area contributed by atoms with Crippen molar-refractivity contribution in [3.05, 3.63) is 103 Å². The summed E-state index contributed by atoms with van der Waals surface area (Å²) in [4.78, 5) is 25.1. The summed E-state index contributed by atoms with van der Waals surface area (Å²) in [6.45, 7) is 7.83. The summed E-state index contributed by atoms with van der Waals surface area (Å²) >= 11 is 0. The molecule has 3 aromatic rings. The molecule has 2 bridgehead atoms. The molecule has 1 radical (unpaired) electrons. The number of nitrogens with one attached hydrogen (secondary N) is 1. The second-order valence-corrected chi connectivity index (χ2v) is 13.9. The monoisotopic (exact) mass is 775 g/mol. The van der Waals surface area contributed by atoms with E-state index in [0.717, 1.165) is 22.3 Å². The maximum Gasteiger partial charge on any atom is 0.203 e. The van der Waals surface area contributed by atoms with Crippen LogP contribution in [0.3, 0.4) is 0 Å². The van der Waals surface area contributed by atoms with Crippen molar-refractivity contribution >= 4 is 11.6 Å². The zero-order chi connectivity index (χ0) is 36.3. The van der Waals surface area contributed by atoms with Crippen molar-refractivity contribution in [1.29, 1.82) is 0 Å². The number of nitrogens with zero attached hydrogens (tertiary/aromatic N) is 10. The van der Waals surface area contributed by atoms with Crippen LogP contribution in [0.1, 0.15) is 48.8 Å². The third-order valence-corrected chi connectivity index (χ3v) is 9.38. The summed E-state index contributed by atoms with van der Waals surface area (Å²) in [5, 5.41) is 47.9. The molecule has 293 valence electrons. The number of benzene rings is 2. The van der Waals surface area contributed by atoms with Crippen LogP contribution >= 0.6 is 0 Å². The summed E-state index contributed by atoms with van der Waals surface area (Å²) in [5.41, 5.74) is 9.84. The third kappa shape index (κ3) is 15.3. The predicted octanol–water partition coefficient (Wildman–Crippen LogP) is 4.60. The SMILES string of the molecule is NC12C[N-]CC[N-]CC(NCc3ccc(CCC(=O)CCCC(=O)CCc4ccc(-c5nncnn5)cc4)cc3)(C[N-]CC[N-]C1)C[N-]CC[N-]C2.[67Cu]. The summed E-state index contributed by atoms with van der Waals surface area (Å²) in [6, 6.07) is 16.2. The molecule has 1 aromatic heterocycles. The fourth-order valence-electron chi connectivity index (χ4n) is 6.23. The first-order valence-electron chi connectivity index (χ1n) is 18.4. The van der Waals surface area contributed by atoms with Crippen molar-refractivity contribution in [3.63, 3.8) is 0 Å². The van der Waals surface area contributed by atoms with Crippen molar-refractivity contribution in [3.8, 4) is 11.4 Å². The molecular weight excluding hydrogens is 723 g/mol. The third-order valence-electron chi connectivity index (χ3n) is 9.38. The largest absolute Gasteiger partial charge is 0.662 e. The van der Waals surface area contributed by atoms with Gasteiger partial charge in [-0.2, -0.15) is 39.3 Å². The zero-order valence-electron chi connectivity index (χ0n) is 30.5. The second kappa shape index (κ2) is 23.0. The molecular formula is C38H52CuN12O2-6. The standard InChI is InChI=1S/C38H52N12O2.Cu/c39-37-23-40-16-19-43-26-38(27-44-20-17-41-24-37,28-45-21-18-42-25-37)46-22-32-6-4-30(5-7-32)10-14-34(51)2-1-3-35(52)15-11-31-8-12-33(13-9-31)36-49-47-29-48-50-36;/h4-9,12-13,29,46H,1-3,10-11,14-28,39H2;/q-6;/i;1+3. The number of hydrogen-bond donors (Lipinski definition) is 2. The van der Waals surface area contributed by atoms with Gasteiger partial charge in [0.05, 0.1) is 0 Å². The molecule has 6 rings (SSSR count). The Morgan fingerprint density at radius 2 is 1.02 bits per heavy atom. The molecule has 3 aliphatic rings. The molecule has 0 saturated carbocycles. The van der Waals surface area contributed by atoms with Gasteiger partial charge in [0, 0.05) is 54.9 Å². The number of fused-ring (bicyclic) bond motifs is 15. The molecule has 53 heavy (non-hydrogen) atoms. The van der Waals surface area contributed by atoms with Crippen molar-refractivity contribution in [1.82, 2.24) is 25.7 Å². The van der Waals surface area contributed by atoms with Crippen molar-refractivity contribution in [2.24, 2.45) is 5.73 Å². The van der Waals surface area contributed by atoms with Gasteiger partial charge in [-0.1, -0.05) is 48.5 Å². The van der Waals surface area contributed by atoms with Crippen molar-refractivity contribution in [2.45, 2.75) is 62.6 Å². The Labute approximate surface area is 324 Å². The molecule has 3 fully saturated rings. The van der Waals surface area contributed by atoms with E-state index in [1.54, 1.807) is 0 Å². The number of carbonyl (C=O) groups excluding carboxylic acids is 2. The summed E-state index contributed by atoms with van der Waals surface area (Å²) < 4.78 is 0. The second-order valence-electron chi connectivity index (χ2n) is 13.9. The first kappa shape index (κ1) is 42.7. The van der Waals surface area contributed by atoms with E-state index in [9.17, 15) is 9.59 Å². The molecule has 0 unspecified atom stereocenters. The van der Waals surface area contributed by atoms with Crippen molar-refractivity contribution < 1.29 is 26.7 Å². The van der Waals surface area contributed by atoms with Gasteiger partial charge in [0.2, 0.25) is 5.82 Å². The Morgan fingerprint density at radius 3 is 1.49 bits per heavy atom. The van der Waals surface area contributed by atoms with E-state index in [1.165, 1.54) is 6.33 Å². The average Bonchev–Trinajstić information content (AvgIpc) is 3.17. The minimum atomic E-state index is -0.542. The summed E-state index contributed by atoms with van der Waals surface area (Å²) in [7, 11) is 0. The molecule has 3 N–H and O–H groups in total. The number of aryl methyl sites for hydroxylation is 2. The van der Waals surface area contributed by atoms with Crippen LogP contribution in [0.5, 0.6) is 0 Å². The van der Waals surface area contributed by atoms with Crippen LogP contribution in [-0.4, -0.2) is 122 Å². The number of nitrogens with two attached hydrogens (primary N) is 1. The van der Waals surface area contributed by atoms with Gasteiger partial charge in [0.1, 0.15) is 11.6 Å². The Kier molecular flexibility index (Phi) is 18.5. The van der Waals surface area contributed by atoms with Crippen molar-refractivity contribution in [2.75, 3.05) is 78.5 Å². The molecule has 15 heteroatoms. The van der Waals surface area contributed by atoms with Crippen LogP contribution in [-0.2, 0) is 46.0 Å². The molecule has 0 spiro atoms. The fourth-order valence-corrected chi connectivity index (χ4v) is 6.23. The van der Waals surface area contributed by atoms with Crippen LogP contribution in [0.2, 0.25) is 0 Å². The summed E-state index contributed by atoms with van der Waals surface area (Å²) in [5.74, 6) is 0.833. The number of hydrogen-bond acceptors (Lipinski definition) is 8.